The first kappa shape index (κ1) is 21.0. The number of benzene rings is 2. The van der Waals surface area contributed by atoms with Crippen molar-refractivity contribution in [2.24, 2.45) is 0 Å². The summed E-state index contributed by atoms with van der Waals surface area (Å²) in [5.74, 6) is -0.0246. The molecule has 0 N–H and O–H groups in total. The molecule has 7 heteroatoms. The first-order valence-corrected chi connectivity index (χ1v) is 12.2. The molecule has 1 aliphatic heterocycles. The number of sulfonamides is 1. The Balaban J connectivity index is 1.76. The molecular formula is C20H21BrINO3S. The third-order valence-electron chi connectivity index (χ3n) is 4.87. The number of hydrogen-bond donors (Lipinski definition) is 0. The minimum atomic E-state index is -3.51. The number of carbonyl (C=O) groups is 1. The van der Waals surface area contributed by atoms with Crippen LogP contribution >= 0.6 is 38.5 Å². The number of Topliss-reactive ketones (excluding diaryl/α,β-unsaturated/α-hetero) is 1. The Kier molecular flexibility index (Phi) is 6.76. The standard InChI is InChI=1S/C20H21BrINO3S/c1-14-4-2-3-11-23(14)27(25,26)17-8-6-16(7-9-17)20(24)13-15-5-10-18(21)19(22)12-15/h5-10,12,14H,2-4,11,13H2,1H3. The van der Waals surface area contributed by atoms with Gasteiger partial charge in [-0.2, -0.15) is 4.31 Å². The monoisotopic (exact) mass is 561 g/mol. The summed E-state index contributed by atoms with van der Waals surface area (Å²) < 4.78 is 29.4. The lowest BCUT2D eigenvalue weighted by atomic mass is 10.0. The Morgan fingerprint density at radius 2 is 1.89 bits per heavy atom. The molecule has 0 amide bonds. The summed E-state index contributed by atoms with van der Waals surface area (Å²) in [4.78, 5) is 12.8. The van der Waals surface area contributed by atoms with Gasteiger partial charge >= 0.3 is 0 Å². The van der Waals surface area contributed by atoms with E-state index in [0.717, 1.165) is 32.9 Å². The van der Waals surface area contributed by atoms with Crippen LogP contribution in [0.2, 0.25) is 0 Å². The Morgan fingerprint density at radius 1 is 1.19 bits per heavy atom. The van der Waals surface area contributed by atoms with Gasteiger partial charge in [-0.1, -0.05) is 24.6 Å². The molecule has 0 spiro atoms. The summed E-state index contributed by atoms with van der Waals surface area (Å²) in [5, 5.41) is 0. The van der Waals surface area contributed by atoms with Gasteiger partial charge in [0.15, 0.2) is 5.78 Å². The fraction of sp³-hybridized carbons (Fsp3) is 0.350. The van der Waals surface area contributed by atoms with Crippen LogP contribution < -0.4 is 0 Å². The second kappa shape index (κ2) is 8.71. The lowest BCUT2D eigenvalue weighted by Gasteiger charge is -2.32. The van der Waals surface area contributed by atoms with Crippen LogP contribution in [0.15, 0.2) is 51.8 Å². The highest BCUT2D eigenvalue weighted by molar-refractivity contribution is 14.1. The second-order valence-corrected chi connectivity index (χ2v) is 10.7. The maximum Gasteiger partial charge on any atom is 0.243 e. The fourth-order valence-corrected chi connectivity index (χ4v) is 5.84. The van der Waals surface area contributed by atoms with E-state index >= 15 is 0 Å². The van der Waals surface area contributed by atoms with Crippen molar-refractivity contribution < 1.29 is 13.2 Å². The summed E-state index contributed by atoms with van der Waals surface area (Å²) in [5.41, 5.74) is 1.46. The smallest absolute Gasteiger partial charge is 0.243 e. The van der Waals surface area contributed by atoms with E-state index in [0.29, 0.717) is 18.5 Å². The average molecular weight is 562 g/mol. The van der Waals surface area contributed by atoms with Crippen molar-refractivity contribution in [1.82, 2.24) is 4.31 Å². The van der Waals surface area contributed by atoms with Crippen molar-refractivity contribution in [2.45, 2.75) is 43.5 Å². The van der Waals surface area contributed by atoms with E-state index in [2.05, 4.69) is 38.5 Å². The van der Waals surface area contributed by atoms with Crippen molar-refractivity contribution in [3.05, 3.63) is 61.6 Å². The quantitative estimate of drug-likeness (QED) is 0.379. The first-order chi connectivity index (χ1) is 12.8. The zero-order valence-corrected chi connectivity index (χ0v) is 19.6. The zero-order chi connectivity index (χ0) is 19.6. The topological polar surface area (TPSA) is 54.5 Å². The first-order valence-electron chi connectivity index (χ1n) is 8.88. The zero-order valence-electron chi connectivity index (χ0n) is 15.0. The van der Waals surface area contributed by atoms with Gasteiger partial charge in [0.25, 0.3) is 0 Å². The van der Waals surface area contributed by atoms with Crippen LogP contribution in [-0.4, -0.2) is 31.1 Å². The van der Waals surface area contributed by atoms with Crippen molar-refractivity contribution in [1.29, 1.82) is 0 Å². The molecule has 3 rings (SSSR count). The number of hydrogen-bond acceptors (Lipinski definition) is 3. The van der Waals surface area contributed by atoms with E-state index in [4.69, 9.17) is 0 Å². The molecule has 1 unspecified atom stereocenters. The maximum absolute atomic E-state index is 12.9. The number of halogens is 2. The minimum Gasteiger partial charge on any atom is -0.294 e. The molecule has 1 atom stereocenters. The number of nitrogens with zero attached hydrogens (tertiary/aromatic N) is 1. The van der Waals surface area contributed by atoms with Crippen LogP contribution in [0.3, 0.4) is 0 Å². The largest absolute Gasteiger partial charge is 0.294 e. The second-order valence-electron chi connectivity index (χ2n) is 6.83. The molecule has 27 heavy (non-hydrogen) atoms. The lowest BCUT2D eigenvalue weighted by molar-refractivity contribution is 0.0993. The Labute approximate surface area is 182 Å². The van der Waals surface area contributed by atoms with Crippen LogP contribution in [0.4, 0.5) is 0 Å². The lowest BCUT2D eigenvalue weighted by Crippen LogP contribution is -2.41. The van der Waals surface area contributed by atoms with Gasteiger partial charge in [-0.05, 0) is 88.1 Å². The van der Waals surface area contributed by atoms with Crippen molar-refractivity contribution >= 4 is 54.3 Å². The molecule has 0 radical (unpaired) electrons. The van der Waals surface area contributed by atoms with E-state index in [1.54, 1.807) is 28.6 Å². The maximum atomic E-state index is 12.9. The molecule has 144 valence electrons. The van der Waals surface area contributed by atoms with Gasteiger partial charge in [-0.3, -0.25) is 4.79 Å². The Hall–Kier alpha value is -0.770. The SMILES string of the molecule is CC1CCCCN1S(=O)(=O)c1ccc(C(=O)Cc2ccc(Br)c(I)c2)cc1. The van der Waals surface area contributed by atoms with E-state index in [1.807, 2.05) is 25.1 Å². The minimum absolute atomic E-state index is 0.0185. The van der Waals surface area contributed by atoms with Gasteiger partial charge < -0.3 is 0 Å². The molecule has 1 heterocycles. The number of ketones is 1. The number of carbonyl (C=O) groups excluding carboxylic acids is 1. The molecule has 2 aromatic rings. The predicted octanol–water partition coefficient (Wildman–Crippen LogP) is 5.04. The highest BCUT2D eigenvalue weighted by Crippen LogP contribution is 2.26. The highest BCUT2D eigenvalue weighted by Gasteiger charge is 2.30. The van der Waals surface area contributed by atoms with Gasteiger partial charge in [0.05, 0.1) is 4.90 Å². The molecule has 4 nitrogen and oxygen atoms in total. The van der Waals surface area contributed by atoms with Crippen LogP contribution in [-0.2, 0) is 16.4 Å². The molecule has 0 saturated carbocycles. The van der Waals surface area contributed by atoms with Crippen LogP contribution in [0, 0.1) is 3.57 Å². The third-order valence-corrected chi connectivity index (χ3v) is 9.23. The number of rotatable bonds is 5. The molecule has 2 aromatic carbocycles. The van der Waals surface area contributed by atoms with Gasteiger partial charge in [0.1, 0.15) is 0 Å². The van der Waals surface area contributed by atoms with E-state index in [-0.39, 0.29) is 16.7 Å². The summed E-state index contributed by atoms with van der Waals surface area (Å²) in [6.07, 6.45) is 3.14. The Morgan fingerprint density at radius 3 is 2.52 bits per heavy atom. The average Bonchev–Trinajstić information content (AvgIpc) is 2.65. The fourth-order valence-electron chi connectivity index (χ4n) is 3.31. The van der Waals surface area contributed by atoms with E-state index in [1.165, 1.54) is 0 Å². The number of piperidine rings is 1. The van der Waals surface area contributed by atoms with Gasteiger partial charge in [-0.25, -0.2) is 8.42 Å². The molecule has 0 aliphatic carbocycles. The summed E-state index contributed by atoms with van der Waals surface area (Å²) in [6.45, 7) is 2.51. The molecule has 1 fully saturated rings. The molecule has 1 aliphatic rings. The summed E-state index contributed by atoms with van der Waals surface area (Å²) >= 11 is 5.67. The van der Waals surface area contributed by atoms with Gasteiger partial charge in [0.2, 0.25) is 10.0 Å². The Bertz CT molecular complexity index is 944. The van der Waals surface area contributed by atoms with Crippen LogP contribution in [0.5, 0.6) is 0 Å². The molecule has 0 aromatic heterocycles. The van der Waals surface area contributed by atoms with Crippen molar-refractivity contribution in [2.75, 3.05) is 6.54 Å². The summed E-state index contributed by atoms with van der Waals surface area (Å²) in [6, 6.07) is 12.2. The van der Waals surface area contributed by atoms with Gasteiger partial charge in [-0.15, -0.1) is 0 Å². The third kappa shape index (κ3) is 4.81. The van der Waals surface area contributed by atoms with Crippen molar-refractivity contribution in [3.63, 3.8) is 0 Å². The summed E-state index contributed by atoms with van der Waals surface area (Å²) in [7, 11) is -3.51. The molecular weight excluding hydrogens is 541 g/mol. The normalized spacial score (nSPS) is 18.4. The van der Waals surface area contributed by atoms with Crippen LogP contribution in [0.1, 0.15) is 42.1 Å². The molecule has 0 bridgehead atoms. The van der Waals surface area contributed by atoms with E-state index < -0.39 is 10.0 Å². The van der Waals surface area contributed by atoms with Gasteiger partial charge in [0, 0.05) is 32.6 Å². The van der Waals surface area contributed by atoms with E-state index in [9.17, 15) is 13.2 Å². The predicted molar refractivity (Wildman–Crippen MR) is 119 cm³/mol. The molecule has 1 saturated heterocycles. The highest BCUT2D eigenvalue weighted by atomic mass is 127. The van der Waals surface area contributed by atoms with Crippen molar-refractivity contribution in [3.8, 4) is 0 Å². The van der Waals surface area contributed by atoms with Crippen LogP contribution in [0.25, 0.3) is 0 Å².